The van der Waals surface area contributed by atoms with Gasteiger partial charge in [0, 0.05) is 5.56 Å². The van der Waals surface area contributed by atoms with Gasteiger partial charge in [-0.2, -0.15) is 0 Å². The monoisotopic (exact) mass is 331 g/mol. The molecule has 122 valence electrons. The zero-order valence-corrected chi connectivity index (χ0v) is 13.8. The highest BCUT2D eigenvalue weighted by Crippen LogP contribution is 2.29. The molecular formula is C18H22ClN3O. The standard InChI is InChI=1S/C18H21N3O.ClH/c19-10-3-11-22-15-8-6-13(7-9-15)17-12-14-4-1-2-5-16(14)18(20)21-17;/h1-2,4-9,17H,3,10-12,19H2,(H2,20,21);1H. The summed E-state index contributed by atoms with van der Waals surface area (Å²) in [6.07, 6.45) is 1.74. The summed E-state index contributed by atoms with van der Waals surface area (Å²) < 4.78 is 5.63. The van der Waals surface area contributed by atoms with E-state index in [9.17, 15) is 0 Å². The molecule has 5 heteroatoms. The summed E-state index contributed by atoms with van der Waals surface area (Å²) in [5, 5.41) is 0. The molecule has 0 radical (unpaired) electrons. The van der Waals surface area contributed by atoms with E-state index in [-0.39, 0.29) is 18.4 Å². The fraction of sp³-hybridized carbons (Fsp3) is 0.278. The highest BCUT2D eigenvalue weighted by atomic mass is 35.5. The minimum absolute atomic E-state index is 0. The summed E-state index contributed by atoms with van der Waals surface area (Å²) >= 11 is 0. The van der Waals surface area contributed by atoms with Crippen LogP contribution in [0.5, 0.6) is 5.75 Å². The number of fused-ring (bicyclic) bond motifs is 1. The Morgan fingerprint density at radius 1 is 1.09 bits per heavy atom. The first-order chi connectivity index (χ1) is 10.8. The Morgan fingerprint density at radius 2 is 1.83 bits per heavy atom. The van der Waals surface area contributed by atoms with Gasteiger partial charge in [0.2, 0.25) is 0 Å². The maximum atomic E-state index is 6.10. The van der Waals surface area contributed by atoms with Crippen LogP contribution in [0, 0.1) is 0 Å². The lowest BCUT2D eigenvalue weighted by molar-refractivity contribution is 0.313. The zero-order valence-electron chi connectivity index (χ0n) is 12.9. The van der Waals surface area contributed by atoms with E-state index in [0.29, 0.717) is 19.0 Å². The number of benzene rings is 2. The molecule has 2 aromatic carbocycles. The summed E-state index contributed by atoms with van der Waals surface area (Å²) in [5.74, 6) is 1.49. The van der Waals surface area contributed by atoms with Crippen LogP contribution in [0.15, 0.2) is 53.5 Å². The van der Waals surface area contributed by atoms with Gasteiger partial charge in [0.15, 0.2) is 0 Å². The van der Waals surface area contributed by atoms with Crippen molar-refractivity contribution in [2.24, 2.45) is 16.5 Å². The number of aliphatic imine (C=N–C) groups is 1. The van der Waals surface area contributed by atoms with E-state index in [0.717, 1.165) is 29.7 Å². The average molecular weight is 332 g/mol. The molecule has 0 fully saturated rings. The molecule has 23 heavy (non-hydrogen) atoms. The van der Waals surface area contributed by atoms with Gasteiger partial charge < -0.3 is 16.2 Å². The smallest absolute Gasteiger partial charge is 0.126 e. The van der Waals surface area contributed by atoms with Crippen LogP contribution >= 0.6 is 12.4 Å². The topological polar surface area (TPSA) is 73.6 Å². The maximum absolute atomic E-state index is 6.10. The lowest BCUT2D eigenvalue weighted by Gasteiger charge is -2.22. The van der Waals surface area contributed by atoms with Crippen LogP contribution in [-0.2, 0) is 6.42 Å². The third-order valence-corrected chi connectivity index (χ3v) is 3.88. The number of rotatable bonds is 5. The Kier molecular flexibility index (Phi) is 6.02. The van der Waals surface area contributed by atoms with Gasteiger partial charge in [-0.3, -0.25) is 4.99 Å². The average Bonchev–Trinajstić information content (AvgIpc) is 2.56. The molecule has 0 saturated heterocycles. The number of nitrogens with zero attached hydrogens (tertiary/aromatic N) is 1. The zero-order chi connectivity index (χ0) is 15.4. The molecule has 0 bridgehead atoms. The summed E-state index contributed by atoms with van der Waals surface area (Å²) in [7, 11) is 0. The molecule has 1 heterocycles. The molecule has 0 amide bonds. The molecule has 0 aliphatic carbocycles. The highest BCUT2D eigenvalue weighted by molar-refractivity contribution is 5.99. The van der Waals surface area contributed by atoms with Crippen molar-refractivity contribution >= 4 is 18.2 Å². The minimum Gasteiger partial charge on any atom is -0.494 e. The molecule has 0 aromatic heterocycles. The normalized spacial score (nSPS) is 16.0. The summed E-state index contributed by atoms with van der Waals surface area (Å²) in [6.45, 7) is 1.30. The Labute approximate surface area is 143 Å². The lowest BCUT2D eigenvalue weighted by atomic mass is 9.92. The minimum atomic E-state index is 0. The molecular weight excluding hydrogens is 310 g/mol. The number of hydrogen-bond acceptors (Lipinski definition) is 4. The van der Waals surface area contributed by atoms with Gasteiger partial charge in [0.25, 0.3) is 0 Å². The van der Waals surface area contributed by atoms with Crippen molar-refractivity contribution in [3.63, 3.8) is 0 Å². The van der Waals surface area contributed by atoms with Gasteiger partial charge in [0.1, 0.15) is 11.6 Å². The van der Waals surface area contributed by atoms with Gasteiger partial charge in [-0.15, -0.1) is 12.4 Å². The highest BCUT2D eigenvalue weighted by Gasteiger charge is 2.20. The SMILES string of the molecule is Cl.NCCCOc1ccc(C2Cc3ccccc3C(N)=N2)cc1. The number of halogens is 1. The van der Waals surface area contributed by atoms with E-state index in [4.69, 9.17) is 16.2 Å². The van der Waals surface area contributed by atoms with Gasteiger partial charge in [0.05, 0.1) is 12.6 Å². The predicted molar refractivity (Wildman–Crippen MR) is 96.5 cm³/mol. The number of hydrogen-bond donors (Lipinski definition) is 2. The van der Waals surface area contributed by atoms with Crippen LogP contribution in [-0.4, -0.2) is 19.0 Å². The number of ether oxygens (including phenoxy) is 1. The quantitative estimate of drug-likeness (QED) is 0.827. The molecule has 0 saturated carbocycles. The van der Waals surface area contributed by atoms with E-state index < -0.39 is 0 Å². The third-order valence-electron chi connectivity index (χ3n) is 3.88. The van der Waals surface area contributed by atoms with Crippen LogP contribution < -0.4 is 16.2 Å². The van der Waals surface area contributed by atoms with Crippen molar-refractivity contribution < 1.29 is 4.74 Å². The first-order valence-electron chi connectivity index (χ1n) is 7.62. The van der Waals surface area contributed by atoms with Gasteiger partial charge in [-0.1, -0.05) is 36.4 Å². The number of amidine groups is 1. The van der Waals surface area contributed by atoms with Crippen LogP contribution in [0.1, 0.15) is 29.2 Å². The Bertz CT molecular complexity index is 670. The van der Waals surface area contributed by atoms with E-state index in [1.165, 1.54) is 5.56 Å². The maximum Gasteiger partial charge on any atom is 0.126 e. The second kappa shape index (κ2) is 7.99. The van der Waals surface area contributed by atoms with Crippen molar-refractivity contribution in [1.82, 2.24) is 0 Å². The number of nitrogens with two attached hydrogens (primary N) is 2. The summed E-state index contributed by atoms with van der Waals surface area (Å²) in [6, 6.07) is 16.4. The fourth-order valence-electron chi connectivity index (χ4n) is 2.69. The first kappa shape index (κ1) is 17.3. The van der Waals surface area contributed by atoms with Gasteiger partial charge in [-0.25, -0.2) is 0 Å². The Hall–Kier alpha value is -2.04. The Morgan fingerprint density at radius 3 is 2.57 bits per heavy atom. The van der Waals surface area contributed by atoms with Crippen molar-refractivity contribution in [2.75, 3.05) is 13.2 Å². The molecule has 4 N–H and O–H groups in total. The fourth-order valence-corrected chi connectivity index (χ4v) is 2.69. The molecule has 1 aliphatic rings. The van der Waals surface area contributed by atoms with E-state index in [1.54, 1.807) is 0 Å². The van der Waals surface area contributed by atoms with E-state index in [2.05, 4.69) is 23.2 Å². The summed E-state index contributed by atoms with van der Waals surface area (Å²) in [5.41, 5.74) is 15.0. The first-order valence-corrected chi connectivity index (χ1v) is 7.62. The van der Waals surface area contributed by atoms with E-state index >= 15 is 0 Å². The second-order valence-corrected chi connectivity index (χ2v) is 5.45. The van der Waals surface area contributed by atoms with E-state index in [1.807, 2.05) is 30.3 Å². The molecule has 1 unspecified atom stereocenters. The third kappa shape index (κ3) is 4.03. The lowest BCUT2D eigenvalue weighted by Crippen LogP contribution is -2.22. The van der Waals surface area contributed by atoms with Gasteiger partial charge >= 0.3 is 0 Å². The summed E-state index contributed by atoms with van der Waals surface area (Å²) in [4.78, 5) is 4.64. The Balaban J connectivity index is 0.00000192. The molecule has 1 atom stereocenters. The van der Waals surface area contributed by atoms with Crippen molar-refractivity contribution in [1.29, 1.82) is 0 Å². The van der Waals surface area contributed by atoms with Crippen molar-refractivity contribution in [3.05, 3.63) is 65.2 Å². The van der Waals surface area contributed by atoms with Crippen LogP contribution in [0.3, 0.4) is 0 Å². The van der Waals surface area contributed by atoms with Crippen molar-refractivity contribution in [2.45, 2.75) is 18.9 Å². The molecule has 4 nitrogen and oxygen atoms in total. The van der Waals surface area contributed by atoms with Gasteiger partial charge in [-0.05, 0) is 42.6 Å². The van der Waals surface area contributed by atoms with Crippen LogP contribution in [0.2, 0.25) is 0 Å². The second-order valence-electron chi connectivity index (χ2n) is 5.45. The molecule has 0 spiro atoms. The predicted octanol–water partition coefficient (Wildman–Crippen LogP) is 2.84. The molecule has 2 aromatic rings. The molecule has 1 aliphatic heterocycles. The largest absolute Gasteiger partial charge is 0.494 e. The van der Waals surface area contributed by atoms with Crippen LogP contribution in [0.4, 0.5) is 0 Å². The molecule has 3 rings (SSSR count). The van der Waals surface area contributed by atoms with Crippen LogP contribution in [0.25, 0.3) is 0 Å². The van der Waals surface area contributed by atoms with Crippen molar-refractivity contribution in [3.8, 4) is 5.75 Å².